The molecule has 1 saturated heterocycles. The van der Waals surface area contributed by atoms with Crippen LogP contribution in [0.4, 0.5) is 0 Å². The maximum atomic E-state index is 12.9. The summed E-state index contributed by atoms with van der Waals surface area (Å²) in [5.41, 5.74) is 1.39. The van der Waals surface area contributed by atoms with Gasteiger partial charge in [0.05, 0.1) is 10.6 Å². The molecule has 1 spiro atoms. The number of thioether (sulfide) groups is 1. The van der Waals surface area contributed by atoms with Crippen LogP contribution < -0.4 is 0 Å². The highest BCUT2D eigenvalue weighted by atomic mass is 35.5. The van der Waals surface area contributed by atoms with Crippen LogP contribution in [0.2, 0.25) is 5.02 Å². The van der Waals surface area contributed by atoms with E-state index in [0.717, 1.165) is 16.3 Å². The van der Waals surface area contributed by atoms with E-state index >= 15 is 0 Å². The first-order valence-corrected chi connectivity index (χ1v) is 12.0. The predicted octanol–water partition coefficient (Wildman–Crippen LogP) is 4.09. The van der Waals surface area contributed by atoms with E-state index < -0.39 is 15.7 Å². The van der Waals surface area contributed by atoms with Gasteiger partial charge >= 0.3 is 0 Å². The number of rotatable bonds is 3. The maximum Gasteiger partial charge on any atom is 0.243 e. The lowest BCUT2D eigenvalue weighted by atomic mass is 10.00. The summed E-state index contributed by atoms with van der Waals surface area (Å²) in [6.07, 6.45) is 3.14. The Morgan fingerprint density at radius 3 is 2.25 bits per heavy atom. The van der Waals surface area contributed by atoms with E-state index in [-0.39, 0.29) is 4.90 Å². The quantitative estimate of drug-likeness (QED) is 0.732. The Hall–Kier alpha value is -1.67. The van der Waals surface area contributed by atoms with Crippen LogP contribution in [0.25, 0.3) is 0 Å². The zero-order valence-electron chi connectivity index (χ0n) is 15.4. The molecule has 28 heavy (non-hydrogen) atoms. The topological polar surface area (TPSA) is 62.1 Å². The molecule has 5 nitrogen and oxygen atoms in total. The van der Waals surface area contributed by atoms with Crippen LogP contribution in [-0.4, -0.2) is 48.5 Å². The first-order valence-electron chi connectivity index (χ1n) is 8.99. The zero-order valence-corrected chi connectivity index (χ0v) is 17.8. The van der Waals surface area contributed by atoms with Gasteiger partial charge in [0.15, 0.2) is 5.66 Å². The van der Waals surface area contributed by atoms with Gasteiger partial charge in [0.25, 0.3) is 0 Å². The second-order valence-corrected chi connectivity index (χ2v) is 9.96. The summed E-state index contributed by atoms with van der Waals surface area (Å²) in [7, 11) is -3.54. The number of piperidine rings is 1. The second-order valence-electron chi connectivity index (χ2n) is 6.79. The number of halogens is 1. The Kier molecular flexibility index (Phi) is 5.35. The van der Waals surface area contributed by atoms with Crippen LogP contribution >= 0.6 is 23.4 Å². The van der Waals surface area contributed by atoms with Crippen molar-refractivity contribution in [2.45, 2.75) is 23.4 Å². The van der Waals surface area contributed by atoms with E-state index in [1.165, 1.54) is 4.31 Å². The van der Waals surface area contributed by atoms with Gasteiger partial charge in [0.1, 0.15) is 5.04 Å². The molecule has 2 heterocycles. The summed E-state index contributed by atoms with van der Waals surface area (Å²) in [5.74, 6) is 0. The molecule has 0 saturated carbocycles. The van der Waals surface area contributed by atoms with Gasteiger partial charge in [0.2, 0.25) is 10.0 Å². The minimum atomic E-state index is -3.54. The number of sulfonamides is 1. The molecule has 0 aromatic heterocycles. The third kappa shape index (κ3) is 3.64. The molecule has 0 amide bonds. The molecule has 0 bridgehead atoms. The number of hydrogen-bond acceptors (Lipinski definition) is 5. The van der Waals surface area contributed by atoms with Crippen molar-refractivity contribution in [2.24, 2.45) is 9.98 Å². The number of aliphatic imine (C=N–C) groups is 2. The van der Waals surface area contributed by atoms with Crippen molar-refractivity contribution < 1.29 is 8.42 Å². The van der Waals surface area contributed by atoms with Crippen LogP contribution in [0.3, 0.4) is 0 Å². The Morgan fingerprint density at radius 1 is 1.00 bits per heavy atom. The average molecular weight is 434 g/mol. The molecule has 2 aromatic carbocycles. The molecule has 0 radical (unpaired) electrons. The van der Waals surface area contributed by atoms with Crippen molar-refractivity contribution in [3.05, 3.63) is 65.2 Å². The van der Waals surface area contributed by atoms with Gasteiger partial charge in [-0.2, -0.15) is 4.31 Å². The van der Waals surface area contributed by atoms with Crippen LogP contribution in [0, 0.1) is 0 Å². The van der Waals surface area contributed by atoms with Crippen molar-refractivity contribution in [3.8, 4) is 0 Å². The van der Waals surface area contributed by atoms with E-state index in [2.05, 4.69) is 0 Å². The lowest BCUT2D eigenvalue weighted by molar-refractivity contribution is 0.249. The van der Waals surface area contributed by atoms with Crippen LogP contribution in [0.1, 0.15) is 18.4 Å². The fraction of sp³-hybridized carbons (Fsp3) is 0.300. The van der Waals surface area contributed by atoms with Crippen molar-refractivity contribution >= 4 is 44.1 Å². The van der Waals surface area contributed by atoms with Crippen molar-refractivity contribution in [1.29, 1.82) is 0 Å². The normalized spacial score (nSPS) is 19.5. The van der Waals surface area contributed by atoms with E-state index in [1.807, 2.05) is 36.6 Å². The van der Waals surface area contributed by atoms with Gasteiger partial charge in [-0.25, -0.2) is 13.4 Å². The third-order valence-electron chi connectivity index (χ3n) is 5.05. The van der Waals surface area contributed by atoms with E-state index in [0.29, 0.717) is 31.0 Å². The average Bonchev–Trinajstić information content (AvgIpc) is 3.07. The maximum absolute atomic E-state index is 12.9. The first kappa shape index (κ1) is 19.6. The Balaban J connectivity index is 1.56. The molecule has 2 aromatic rings. The summed E-state index contributed by atoms with van der Waals surface area (Å²) in [6.45, 7) is 0.781. The lowest BCUT2D eigenvalue weighted by Crippen LogP contribution is -2.44. The number of nitrogens with zero attached hydrogens (tertiary/aromatic N) is 3. The molecule has 2 aliphatic heterocycles. The Morgan fingerprint density at radius 2 is 1.64 bits per heavy atom. The summed E-state index contributed by atoms with van der Waals surface area (Å²) in [6, 6.07) is 16.3. The standard InChI is InChI=1S/C20H20ClN3O2S2/c1-27-19-18(15-5-3-2-4-6-15)22-20(23-19)11-13-24(14-12-20)28(25,26)17-9-7-16(21)8-10-17/h2-10H,11-14H2,1H3. The summed E-state index contributed by atoms with van der Waals surface area (Å²) in [4.78, 5) is 10.1. The largest absolute Gasteiger partial charge is 0.252 e. The monoisotopic (exact) mass is 433 g/mol. The van der Waals surface area contributed by atoms with E-state index in [4.69, 9.17) is 21.6 Å². The van der Waals surface area contributed by atoms with Crippen LogP contribution in [0.5, 0.6) is 0 Å². The first-order chi connectivity index (χ1) is 13.4. The number of hydrogen-bond donors (Lipinski definition) is 0. The molecule has 146 valence electrons. The van der Waals surface area contributed by atoms with E-state index in [1.54, 1.807) is 36.0 Å². The van der Waals surface area contributed by atoms with Gasteiger partial charge in [-0.1, -0.05) is 41.9 Å². The molecule has 2 aliphatic rings. The molecule has 4 rings (SSSR count). The molecular weight excluding hydrogens is 414 g/mol. The highest BCUT2D eigenvalue weighted by molar-refractivity contribution is 8.15. The minimum Gasteiger partial charge on any atom is -0.252 e. The fourth-order valence-electron chi connectivity index (χ4n) is 3.51. The van der Waals surface area contributed by atoms with Crippen molar-refractivity contribution in [3.63, 3.8) is 0 Å². The smallest absolute Gasteiger partial charge is 0.243 e. The highest BCUT2D eigenvalue weighted by Crippen LogP contribution is 2.36. The molecule has 0 unspecified atom stereocenters. The SMILES string of the molecule is CSC1=NC2(CCN(S(=O)(=O)c3ccc(Cl)cc3)CC2)N=C1c1ccccc1. The van der Waals surface area contributed by atoms with Gasteiger partial charge in [-0.15, -0.1) is 11.8 Å². The van der Waals surface area contributed by atoms with Crippen molar-refractivity contribution in [2.75, 3.05) is 19.3 Å². The Labute approximate surface area is 174 Å². The second kappa shape index (κ2) is 7.63. The van der Waals surface area contributed by atoms with Crippen LogP contribution in [-0.2, 0) is 10.0 Å². The predicted molar refractivity (Wildman–Crippen MR) is 116 cm³/mol. The minimum absolute atomic E-state index is 0.265. The number of benzene rings is 2. The molecular formula is C20H20ClN3O2S2. The van der Waals surface area contributed by atoms with Crippen molar-refractivity contribution in [1.82, 2.24) is 4.31 Å². The van der Waals surface area contributed by atoms with Gasteiger partial charge in [-0.3, -0.25) is 4.99 Å². The summed E-state index contributed by atoms with van der Waals surface area (Å²) < 4.78 is 27.4. The fourth-order valence-corrected chi connectivity index (χ4v) is 5.70. The van der Waals surface area contributed by atoms with Gasteiger partial charge in [0, 0.05) is 36.5 Å². The molecule has 0 atom stereocenters. The zero-order chi connectivity index (χ0) is 19.8. The van der Waals surface area contributed by atoms with Crippen LogP contribution in [0.15, 0.2) is 69.5 Å². The van der Waals surface area contributed by atoms with Gasteiger partial charge < -0.3 is 0 Å². The Bertz CT molecular complexity index is 1030. The molecule has 8 heteroatoms. The molecule has 0 N–H and O–H groups in total. The van der Waals surface area contributed by atoms with Gasteiger partial charge in [-0.05, 0) is 30.5 Å². The molecule has 0 aliphatic carbocycles. The molecule has 1 fully saturated rings. The van der Waals surface area contributed by atoms with E-state index in [9.17, 15) is 8.42 Å². The summed E-state index contributed by atoms with van der Waals surface area (Å²) >= 11 is 7.46. The highest BCUT2D eigenvalue weighted by Gasteiger charge is 2.42. The lowest BCUT2D eigenvalue weighted by Gasteiger charge is -2.34. The summed E-state index contributed by atoms with van der Waals surface area (Å²) in [5, 5.41) is 1.43. The third-order valence-corrected chi connectivity index (χ3v) is 7.88.